The maximum atomic E-state index is 12.3. The molecule has 1 heterocycles. The van der Waals surface area contributed by atoms with E-state index < -0.39 is 23.7 Å². The van der Waals surface area contributed by atoms with Gasteiger partial charge in [-0.1, -0.05) is 0 Å². The van der Waals surface area contributed by atoms with E-state index in [1.165, 1.54) is 22.4 Å². The van der Waals surface area contributed by atoms with Crippen molar-refractivity contribution in [3.8, 4) is 0 Å². The minimum Gasteiger partial charge on any atom is -0.479 e. The number of aliphatic carboxylic acids is 1. The van der Waals surface area contributed by atoms with E-state index in [0.29, 0.717) is 5.01 Å². The van der Waals surface area contributed by atoms with Crippen LogP contribution >= 0.6 is 11.3 Å². The summed E-state index contributed by atoms with van der Waals surface area (Å²) in [6.45, 7) is 8.70. The standard InChI is InChI=1S/C13H20N2O4S/c1-8(2)15(12(18)19-13(3,4)5)9(11(16)17)10-14-6-7-20-10/h6-9H,1-5H3,(H,16,17). The van der Waals surface area contributed by atoms with E-state index in [1.54, 1.807) is 40.0 Å². The largest absolute Gasteiger partial charge is 0.479 e. The molecule has 1 aromatic rings. The predicted octanol–water partition coefficient (Wildman–Crippen LogP) is 2.91. The highest BCUT2D eigenvalue weighted by Crippen LogP contribution is 2.27. The normalized spacial score (nSPS) is 13.1. The van der Waals surface area contributed by atoms with Gasteiger partial charge >= 0.3 is 12.1 Å². The number of carboxylic acids is 1. The molecule has 0 aliphatic rings. The molecule has 0 aliphatic heterocycles. The lowest BCUT2D eigenvalue weighted by atomic mass is 10.2. The van der Waals surface area contributed by atoms with Gasteiger partial charge in [0.2, 0.25) is 0 Å². The van der Waals surface area contributed by atoms with Gasteiger partial charge in [-0.3, -0.25) is 4.90 Å². The average Bonchev–Trinajstić information content (AvgIpc) is 2.74. The van der Waals surface area contributed by atoms with E-state index in [9.17, 15) is 14.7 Å². The van der Waals surface area contributed by atoms with E-state index >= 15 is 0 Å². The number of rotatable bonds is 4. The smallest absolute Gasteiger partial charge is 0.411 e. The summed E-state index contributed by atoms with van der Waals surface area (Å²) >= 11 is 1.20. The minimum absolute atomic E-state index is 0.324. The zero-order chi connectivity index (χ0) is 15.5. The molecular formula is C13H20N2O4S. The molecule has 0 fully saturated rings. The van der Waals surface area contributed by atoms with Crippen LogP contribution in [0.25, 0.3) is 0 Å². The third-order valence-corrected chi connectivity index (χ3v) is 3.19. The highest BCUT2D eigenvalue weighted by atomic mass is 32.1. The van der Waals surface area contributed by atoms with Gasteiger partial charge in [0.1, 0.15) is 10.6 Å². The fraction of sp³-hybridized carbons (Fsp3) is 0.615. The van der Waals surface area contributed by atoms with Gasteiger partial charge in [0.15, 0.2) is 6.04 Å². The Labute approximate surface area is 122 Å². The predicted molar refractivity (Wildman–Crippen MR) is 75.7 cm³/mol. The summed E-state index contributed by atoms with van der Waals surface area (Å²) < 4.78 is 5.29. The lowest BCUT2D eigenvalue weighted by Crippen LogP contribution is -2.45. The fourth-order valence-electron chi connectivity index (χ4n) is 1.64. The van der Waals surface area contributed by atoms with Gasteiger partial charge in [0, 0.05) is 17.6 Å². The van der Waals surface area contributed by atoms with Gasteiger partial charge in [-0.2, -0.15) is 0 Å². The van der Waals surface area contributed by atoms with Crippen molar-refractivity contribution in [2.45, 2.75) is 52.3 Å². The summed E-state index contributed by atoms with van der Waals surface area (Å²) in [5, 5.41) is 11.5. The zero-order valence-corrected chi connectivity index (χ0v) is 13.1. The molecule has 0 saturated carbocycles. The molecule has 1 unspecified atom stereocenters. The first-order valence-electron chi connectivity index (χ1n) is 6.27. The highest BCUT2D eigenvalue weighted by molar-refractivity contribution is 7.09. The van der Waals surface area contributed by atoms with E-state index in [-0.39, 0.29) is 6.04 Å². The van der Waals surface area contributed by atoms with Crippen LogP contribution in [0.3, 0.4) is 0 Å². The van der Waals surface area contributed by atoms with Crippen molar-refractivity contribution in [2.24, 2.45) is 0 Å². The molecule has 1 rings (SSSR count). The van der Waals surface area contributed by atoms with Gasteiger partial charge in [-0.05, 0) is 34.6 Å². The quantitative estimate of drug-likeness (QED) is 0.924. The van der Waals surface area contributed by atoms with Crippen LogP contribution in [0, 0.1) is 0 Å². The lowest BCUT2D eigenvalue weighted by molar-refractivity contribution is -0.144. The summed E-state index contributed by atoms with van der Waals surface area (Å²) in [7, 11) is 0. The highest BCUT2D eigenvalue weighted by Gasteiger charge is 2.37. The Bertz CT molecular complexity index is 465. The molecule has 1 atom stereocenters. The first-order valence-corrected chi connectivity index (χ1v) is 7.15. The van der Waals surface area contributed by atoms with Gasteiger partial charge in [-0.15, -0.1) is 11.3 Å². The Hall–Kier alpha value is -1.63. The molecule has 0 saturated heterocycles. The van der Waals surface area contributed by atoms with Crippen LogP contribution in [0.15, 0.2) is 11.6 Å². The molecule has 1 aromatic heterocycles. The van der Waals surface area contributed by atoms with Gasteiger partial charge in [0.25, 0.3) is 0 Å². The van der Waals surface area contributed by atoms with Crippen molar-refractivity contribution in [3.63, 3.8) is 0 Å². The number of carbonyl (C=O) groups excluding carboxylic acids is 1. The lowest BCUT2D eigenvalue weighted by Gasteiger charge is -2.33. The number of hydrogen-bond acceptors (Lipinski definition) is 5. The van der Waals surface area contributed by atoms with Crippen molar-refractivity contribution in [2.75, 3.05) is 0 Å². The average molecular weight is 300 g/mol. The molecule has 1 amide bonds. The number of nitrogens with zero attached hydrogens (tertiary/aromatic N) is 2. The Morgan fingerprint density at radius 2 is 2.00 bits per heavy atom. The topological polar surface area (TPSA) is 79.7 Å². The van der Waals surface area contributed by atoms with E-state index in [1.807, 2.05) is 0 Å². The van der Waals surface area contributed by atoms with Crippen molar-refractivity contribution in [1.82, 2.24) is 9.88 Å². The molecule has 0 radical (unpaired) electrons. The summed E-state index contributed by atoms with van der Waals surface area (Å²) in [5.74, 6) is -1.13. The monoisotopic (exact) mass is 300 g/mol. The summed E-state index contributed by atoms with van der Waals surface area (Å²) in [5.41, 5.74) is -0.684. The first-order chi connectivity index (χ1) is 9.13. The number of ether oxygens (including phenoxy) is 1. The van der Waals surface area contributed by atoms with E-state index in [2.05, 4.69) is 4.98 Å². The number of aromatic nitrogens is 1. The molecule has 112 valence electrons. The van der Waals surface area contributed by atoms with Crippen molar-refractivity contribution in [1.29, 1.82) is 0 Å². The summed E-state index contributed by atoms with van der Waals surface area (Å²) in [6.07, 6.45) is 0.860. The molecule has 0 aliphatic carbocycles. The molecule has 6 nitrogen and oxygen atoms in total. The number of carboxylic acid groups (broad SMARTS) is 1. The molecule has 1 N–H and O–H groups in total. The number of thiazole rings is 1. The Kier molecular flexibility index (Phi) is 5.10. The van der Waals surface area contributed by atoms with Crippen LogP contribution in [0.4, 0.5) is 4.79 Å². The first kappa shape index (κ1) is 16.4. The second-order valence-electron chi connectivity index (χ2n) is 5.59. The molecular weight excluding hydrogens is 280 g/mol. The van der Waals surface area contributed by atoms with Gasteiger partial charge in [-0.25, -0.2) is 14.6 Å². The van der Waals surface area contributed by atoms with Crippen molar-refractivity contribution < 1.29 is 19.4 Å². The Balaban J connectivity index is 3.10. The molecule has 7 heteroatoms. The van der Waals surface area contributed by atoms with Crippen LogP contribution in [0.2, 0.25) is 0 Å². The van der Waals surface area contributed by atoms with Crippen molar-refractivity contribution >= 4 is 23.4 Å². The van der Waals surface area contributed by atoms with Crippen LogP contribution in [-0.2, 0) is 9.53 Å². The third-order valence-electron chi connectivity index (χ3n) is 2.36. The maximum absolute atomic E-state index is 12.3. The van der Waals surface area contributed by atoms with Crippen LogP contribution < -0.4 is 0 Å². The zero-order valence-electron chi connectivity index (χ0n) is 12.3. The Morgan fingerprint density at radius 3 is 2.35 bits per heavy atom. The van der Waals surface area contributed by atoms with Crippen LogP contribution in [0.5, 0.6) is 0 Å². The third kappa shape index (κ3) is 4.19. The van der Waals surface area contributed by atoms with Crippen LogP contribution in [0.1, 0.15) is 45.7 Å². The molecule has 0 bridgehead atoms. The second-order valence-corrected chi connectivity index (χ2v) is 6.52. The fourth-order valence-corrected chi connectivity index (χ4v) is 2.37. The molecule has 0 spiro atoms. The van der Waals surface area contributed by atoms with E-state index in [4.69, 9.17) is 4.74 Å². The second kappa shape index (κ2) is 6.21. The molecule has 20 heavy (non-hydrogen) atoms. The van der Waals surface area contributed by atoms with E-state index in [0.717, 1.165) is 0 Å². The van der Waals surface area contributed by atoms with Gasteiger partial charge < -0.3 is 9.84 Å². The minimum atomic E-state index is -1.13. The summed E-state index contributed by atoms with van der Waals surface area (Å²) in [4.78, 5) is 29.0. The van der Waals surface area contributed by atoms with Gasteiger partial charge in [0.05, 0.1) is 0 Å². The summed E-state index contributed by atoms with van der Waals surface area (Å²) in [6, 6.07) is -1.46. The molecule has 0 aromatic carbocycles. The SMILES string of the molecule is CC(C)N(C(=O)OC(C)(C)C)C(C(=O)O)c1nccs1. The maximum Gasteiger partial charge on any atom is 0.411 e. The number of amides is 1. The Morgan fingerprint density at radius 1 is 1.40 bits per heavy atom. The van der Waals surface area contributed by atoms with Crippen LogP contribution in [-0.4, -0.2) is 38.7 Å². The number of hydrogen-bond donors (Lipinski definition) is 1. The van der Waals surface area contributed by atoms with Crippen molar-refractivity contribution in [3.05, 3.63) is 16.6 Å². The number of carbonyl (C=O) groups is 2.